The summed E-state index contributed by atoms with van der Waals surface area (Å²) in [5.74, 6) is 0. The van der Waals surface area contributed by atoms with Crippen molar-refractivity contribution in [1.82, 2.24) is 4.98 Å². The first kappa shape index (κ1) is 13.1. The van der Waals surface area contributed by atoms with Gasteiger partial charge >= 0.3 is 0 Å². The Balaban J connectivity index is 2.95. The summed E-state index contributed by atoms with van der Waals surface area (Å²) in [6, 6.07) is 1.67. The smallest absolute Gasteiger partial charge is 0.258 e. The van der Waals surface area contributed by atoms with Gasteiger partial charge in [0.1, 0.15) is 5.69 Å². The van der Waals surface area contributed by atoms with E-state index in [0.29, 0.717) is 17.7 Å². The van der Waals surface area contributed by atoms with Crippen molar-refractivity contribution in [3.63, 3.8) is 0 Å². The van der Waals surface area contributed by atoms with Gasteiger partial charge in [-0.2, -0.15) is 0 Å². The van der Waals surface area contributed by atoms with E-state index in [2.05, 4.69) is 27.8 Å². The topological polar surface area (TPSA) is 56.0 Å². The summed E-state index contributed by atoms with van der Waals surface area (Å²) in [7, 11) is 0. The number of rotatable bonds is 5. The second kappa shape index (κ2) is 5.94. The molecule has 1 atom stereocenters. The fraction of sp³-hybridized carbons (Fsp3) is 0.545. The number of nitrogens with zero attached hydrogens (tertiary/aromatic N) is 2. The Morgan fingerprint density at radius 3 is 2.88 bits per heavy atom. The summed E-state index contributed by atoms with van der Waals surface area (Å²) in [5.41, 5.74) is 1.40. The van der Waals surface area contributed by atoms with E-state index in [9.17, 15) is 10.1 Å². The molecule has 0 bridgehead atoms. The predicted molar refractivity (Wildman–Crippen MR) is 67.0 cm³/mol. The van der Waals surface area contributed by atoms with Crippen LogP contribution in [-0.2, 0) is 6.42 Å². The predicted octanol–water partition coefficient (Wildman–Crippen LogP) is 3.40. The second-order valence-corrected chi connectivity index (χ2v) is 5.07. The molecule has 4 nitrogen and oxygen atoms in total. The Hall–Kier alpha value is -0.970. The normalized spacial score (nSPS) is 12.4. The molecule has 1 aromatic rings. The molecule has 0 aromatic carbocycles. The van der Waals surface area contributed by atoms with Crippen molar-refractivity contribution < 1.29 is 4.92 Å². The first-order chi connectivity index (χ1) is 7.56. The summed E-state index contributed by atoms with van der Waals surface area (Å²) in [4.78, 5) is 15.0. The molecule has 0 saturated carbocycles. The zero-order valence-electron chi connectivity index (χ0n) is 9.44. The minimum absolute atomic E-state index is 0.156. The average Bonchev–Trinajstić information content (AvgIpc) is 2.17. The molecule has 16 heavy (non-hydrogen) atoms. The van der Waals surface area contributed by atoms with E-state index in [1.54, 1.807) is 19.2 Å². The number of halogens is 1. The maximum Gasteiger partial charge on any atom is 0.293 e. The van der Waals surface area contributed by atoms with Gasteiger partial charge in [0, 0.05) is 23.0 Å². The van der Waals surface area contributed by atoms with Gasteiger partial charge in [0.15, 0.2) is 0 Å². The summed E-state index contributed by atoms with van der Waals surface area (Å²) < 4.78 is 0. The average molecular weight is 287 g/mol. The molecule has 1 rings (SSSR count). The Morgan fingerprint density at radius 1 is 1.62 bits per heavy atom. The zero-order valence-corrected chi connectivity index (χ0v) is 11.0. The Morgan fingerprint density at radius 2 is 2.31 bits per heavy atom. The highest BCUT2D eigenvalue weighted by Crippen LogP contribution is 2.24. The van der Waals surface area contributed by atoms with Crippen LogP contribution < -0.4 is 0 Å². The van der Waals surface area contributed by atoms with Crippen molar-refractivity contribution in [3.8, 4) is 0 Å². The third kappa shape index (κ3) is 3.27. The molecule has 0 N–H and O–H groups in total. The zero-order chi connectivity index (χ0) is 12.1. The van der Waals surface area contributed by atoms with E-state index >= 15 is 0 Å². The standard InChI is InChI=1S/C11H15BrN2O2/c1-3-4-9(12)7-10-11(14(15)16)8(2)5-6-13-10/h5-6,9H,3-4,7H2,1-2H3. The highest BCUT2D eigenvalue weighted by atomic mass is 79.9. The van der Waals surface area contributed by atoms with Crippen LogP contribution in [0.2, 0.25) is 0 Å². The van der Waals surface area contributed by atoms with Crippen LogP contribution in [0.5, 0.6) is 0 Å². The Kier molecular flexibility index (Phi) is 4.86. The van der Waals surface area contributed by atoms with Crippen LogP contribution in [0.25, 0.3) is 0 Å². The molecule has 0 saturated heterocycles. The van der Waals surface area contributed by atoms with Gasteiger partial charge in [-0.25, -0.2) is 0 Å². The van der Waals surface area contributed by atoms with Crippen molar-refractivity contribution in [3.05, 3.63) is 33.6 Å². The summed E-state index contributed by atoms with van der Waals surface area (Å²) in [6.45, 7) is 3.83. The minimum atomic E-state index is -0.344. The quantitative estimate of drug-likeness (QED) is 0.474. The SMILES string of the molecule is CCCC(Br)Cc1nccc(C)c1[N+](=O)[O-]. The molecule has 1 heterocycles. The lowest BCUT2D eigenvalue weighted by Gasteiger charge is -2.08. The third-order valence-electron chi connectivity index (χ3n) is 2.40. The molecule has 0 amide bonds. The van der Waals surface area contributed by atoms with Crippen LogP contribution in [0.1, 0.15) is 31.0 Å². The molecule has 88 valence electrons. The molecule has 0 radical (unpaired) electrons. The first-order valence-electron chi connectivity index (χ1n) is 5.29. The number of alkyl halides is 1. The molecule has 0 aliphatic heterocycles. The highest BCUT2D eigenvalue weighted by molar-refractivity contribution is 9.09. The van der Waals surface area contributed by atoms with Gasteiger partial charge in [0.25, 0.3) is 5.69 Å². The lowest BCUT2D eigenvalue weighted by atomic mass is 10.1. The van der Waals surface area contributed by atoms with Crippen molar-refractivity contribution >= 4 is 21.6 Å². The summed E-state index contributed by atoms with van der Waals surface area (Å²) in [6.07, 6.45) is 4.28. The fourth-order valence-corrected chi connectivity index (χ4v) is 2.40. The molecule has 0 aliphatic carbocycles. The maximum absolute atomic E-state index is 10.9. The van der Waals surface area contributed by atoms with Gasteiger partial charge in [0.05, 0.1) is 4.92 Å². The number of hydrogen-bond donors (Lipinski definition) is 0. The number of aryl methyl sites for hydroxylation is 1. The van der Waals surface area contributed by atoms with Crippen LogP contribution in [-0.4, -0.2) is 14.7 Å². The van der Waals surface area contributed by atoms with Crippen LogP contribution in [0, 0.1) is 17.0 Å². The van der Waals surface area contributed by atoms with Crippen LogP contribution in [0.15, 0.2) is 12.3 Å². The first-order valence-corrected chi connectivity index (χ1v) is 6.20. The van der Waals surface area contributed by atoms with E-state index in [1.807, 2.05) is 0 Å². The van der Waals surface area contributed by atoms with Crippen molar-refractivity contribution in [1.29, 1.82) is 0 Å². The van der Waals surface area contributed by atoms with Crippen molar-refractivity contribution in [2.45, 2.75) is 37.9 Å². The Labute approximate surface area is 103 Å². The minimum Gasteiger partial charge on any atom is -0.258 e. The van der Waals surface area contributed by atoms with E-state index < -0.39 is 0 Å². The van der Waals surface area contributed by atoms with E-state index in [-0.39, 0.29) is 15.4 Å². The van der Waals surface area contributed by atoms with Gasteiger partial charge < -0.3 is 0 Å². The lowest BCUT2D eigenvalue weighted by Crippen LogP contribution is -2.08. The third-order valence-corrected chi connectivity index (χ3v) is 3.18. The molecular weight excluding hydrogens is 272 g/mol. The summed E-state index contributed by atoms with van der Waals surface area (Å²) in [5, 5.41) is 10.9. The van der Waals surface area contributed by atoms with E-state index in [4.69, 9.17) is 0 Å². The number of aromatic nitrogens is 1. The molecule has 1 unspecified atom stereocenters. The Bertz CT molecular complexity index is 382. The number of pyridine rings is 1. The van der Waals surface area contributed by atoms with Crippen molar-refractivity contribution in [2.75, 3.05) is 0 Å². The molecule has 0 spiro atoms. The molecule has 0 fully saturated rings. The van der Waals surface area contributed by atoms with Crippen LogP contribution >= 0.6 is 15.9 Å². The van der Waals surface area contributed by atoms with Crippen LogP contribution in [0.4, 0.5) is 5.69 Å². The molecule has 1 aromatic heterocycles. The second-order valence-electron chi connectivity index (χ2n) is 3.77. The van der Waals surface area contributed by atoms with Gasteiger partial charge in [-0.3, -0.25) is 15.1 Å². The maximum atomic E-state index is 10.9. The number of nitro groups is 1. The van der Waals surface area contributed by atoms with E-state index in [1.165, 1.54) is 0 Å². The molecule has 5 heteroatoms. The lowest BCUT2D eigenvalue weighted by molar-refractivity contribution is -0.386. The van der Waals surface area contributed by atoms with Crippen LogP contribution in [0.3, 0.4) is 0 Å². The molecular formula is C11H15BrN2O2. The van der Waals surface area contributed by atoms with E-state index in [0.717, 1.165) is 12.8 Å². The van der Waals surface area contributed by atoms with Gasteiger partial charge in [-0.1, -0.05) is 29.3 Å². The van der Waals surface area contributed by atoms with Gasteiger partial charge in [-0.05, 0) is 19.4 Å². The fourth-order valence-electron chi connectivity index (χ4n) is 1.63. The highest BCUT2D eigenvalue weighted by Gasteiger charge is 2.20. The van der Waals surface area contributed by atoms with Crippen molar-refractivity contribution in [2.24, 2.45) is 0 Å². The molecule has 0 aliphatic rings. The van der Waals surface area contributed by atoms with Gasteiger partial charge in [0.2, 0.25) is 0 Å². The number of hydrogen-bond acceptors (Lipinski definition) is 3. The van der Waals surface area contributed by atoms with Gasteiger partial charge in [-0.15, -0.1) is 0 Å². The summed E-state index contributed by atoms with van der Waals surface area (Å²) >= 11 is 3.52. The largest absolute Gasteiger partial charge is 0.293 e. The monoisotopic (exact) mass is 286 g/mol.